The summed E-state index contributed by atoms with van der Waals surface area (Å²) < 4.78 is 4.63. The zero-order valence-corrected chi connectivity index (χ0v) is 5.93. The van der Waals surface area contributed by atoms with Crippen LogP contribution in [-0.4, -0.2) is 22.0 Å². The Kier molecular flexibility index (Phi) is 2.09. The van der Waals surface area contributed by atoms with Crippen molar-refractivity contribution in [1.82, 2.24) is 4.98 Å². The molecule has 64 valence electrons. The molecule has 1 aromatic rings. The number of rotatable bonds is 3. The predicted molar refractivity (Wildman–Crippen MR) is 36.1 cm³/mol. The topological polar surface area (TPSA) is 106 Å². The molecule has 0 saturated heterocycles. The number of aliphatic carboxylic acids is 1. The average Bonchev–Trinajstić information content (AvgIpc) is 2.37. The Hall–Kier alpha value is -1.85. The highest BCUT2D eigenvalue weighted by Crippen LogP contribution is 2.12. The summed E-state index contributed by atoms with van der Waals surface area (Å²) in [5, 5.41) is 8.51. The Morgan fingerprint density at radius 1 is 1.67 bits per heavy atom. The summed E-state index contributed by atoms with van der Waals surface area (Å²) in [7, 11) is 0. The van der Waals surface area contributed by atoms with Gasteiger partial charge in [0.05, 0.1) is 6.20 Å². The molecule has 1 rings (SSSR count). The Balaban J connectivity index is 2.96. The first kappa shape index (κ1) is 8.25. The van der Waals surface area contributed by atoms with E-state index in [1.54, 1.807) is 0 Å². The van der Waals surface area contributed by atoms with Crippen molar-refractivity contribution in [2.45, 2.75) is 5.92 Å². The number of hydrogen-bond acceptors (Lipinski definition) is 4. The predicted octanol–water partition coefficient (Wildman–Crippen LogP) is -0.672. The second-order valence-corrected chi connectivity index (χ2v) is 2.04. The summed E-state index contributed by atoms with van der Waals surface area (Å²) in [5.74, 6) is -4.06. The highest BCUT2D eigenvalue weighted by molar-refractivity contribution is 6.00. The minimum absolute atomic E-state index is 0.199. The number of carboxylic acids is 1. The first-order chi connectivity index (χ1) is 5.63. The van der Waals surface area contributed by atoms with Gasteiger partial charge in [0.2, 0.25) is 17.7 Å². The fourth-order valence-electron chi connectivity index (χ4n) is 0.726. The number of carboxylic acid groups (broad SMARTS) is 1. The van der Waals surface area contributed by atoms with E-state index in [4.69, 9.17) is 10.8 Å². The Morgan fingerprint density at radius 2 is 2.33 bits per heavy atom. The molecule has 6 heteroatoms. The number of nitrogens with two attached hydrogens (primary N) is 1. The first-order valence-electron chi connectivity index (χ1n) is 3.04. The second-order valence-electron chi connectivity index (χ2n) is 2.04. The van der Waals surface area contributed by atoms with Gasteiger partial charge in [0.1, 0.15) is 6.26 Å². The molecule has 0 aliphatic heterocycles. The standard InChI is InChI=1S/C6H6N2O4/c7-4(9)3(6(10)11)5-8-1-2-12-5/h1-3H,(H2,7,9)(H,10,11). The van der Waals surface area contributed by atoms with Crippen LogP contribution in [0.2, 0.25) is 0 Å². The number of primary amides is 1. The highest BCUT2D eigenvalue weighted by atomic mass is 16.4. The monoisotopic (exact) mass is 170 g/mol. The molecule has 0 bridgehead atoms. The molecule has 0 saturated carbocycles. The van der Waals surface area contributed by atoms with Gasteiger partial charge in [-0.1, -0.05) is 0 Å². The second kappa shape index (κ2) is 3.04. The number of carbonyl (C=O) groups is 2. The molecule has 0 aromatic carbocycles. The smallest absolute Gasteiger partial charge is 0.325 e. The molecule has 12 heavy (non-hydrogen) atoms. The van der Waals surface area contributed by atoms with Crippen LogP contribution in [0, 0.1) is 0 Å². The number of carbonyl (C=O) groups excluding carboxylic acids is 1. The van der Waals surface area contributed by atoms with Crippen molar-refractivity contribution in [1.29, 1.82) is 0 Å². The Labute approximate surface area is 67.0 Å². The van der Waals surface area contributed by atoms with Crippen molar-refractivity contribution in [3.05, 3.63) is 18.4 Å². The van der Waals surface area contributed by atoms with Crippen LogP contribution in [0.25, 0.3) is 0 Å². The minimum Gasteiger partial charge on any atom is -0.480 e. The van der Waals surface area contributed by atoms with Gasteiger partial charge in [-0.25, -0.2) is 4.98 Å². The molecule has 1 atom stereocenters. The summed E-state index contributed by atoms with van der Waals surface area (Å²) in [6, 6.07) is 0. The molecule has 0 aliphatic rings. The third-order valence-electron chi connectivity index (χ3n) is 1.23. The van der Waals surface area contributed by atoms with Crippen molar-refractivity contribution >= 4 is 11.9 Å². The quantitative estimate of drug-likeness (QED) is 0.585. The lowest BCUT2D eigenvalue weighted by molar-refractivity contribution is -0.142. The number of amides is 1. The van der Waals surface area contributed by atoms with Crippen LogP contribution in [-0.2, 0) is 9.59 Å². The maximum Gasteiger partial charge on any atom is 0.325 e. The van der Waals surface area contributed by atoms with E-state index in [9.17, 15) is 9.59 Å². The van der Waals surface area contributed by atoms with E-state index in [-0.39, 0.29) is 5.89 Å². The van der Waals surface area contributed by atoms with Crippen molar-refractivity contribution in [3.63, 3.8) is 0 Å². The molecule has 1 heterocycles. The van der Waals surface area contributed by atoms with Gasteiger partial charge in [0, 0.05) is 0 Å². The van der Waals surface area contributed by atoms with Gasteiger partial charge < -0.3 is 15.3 Å². The molecule has 0 aliphatic carbocycles. The van der Waals surface area contributed by atoms with Crippen LogP contribution < -0.4 is 5.73 Å². The number of oxazole rings is 1. The molecule has 0 spiro atoms. The van der Waals surface area contributed by atoms with E-state index < -0.39 is 17.8 Å². The molecule has 0 radical (unpaired) electrons. The molecule has 3 N–H and O–H groups in total. The lowest BCUT2D eigenvalue weighted by Crippen LogP contribution is -2.28. The summed E-state index contributed by atoms with van der Waals surface area (Å²) in [5.41, 5.74) is 4.81. The van der Waals surface area contributed by atoms with Gasteiger partial charge in [-0.15, -0.1) is 0 Å². The van der Waals surface area contributed by atoms with Crippen LogP contribution in [0.5, 0.6) is 0 Å². The Bertz CT molecular complexity index is 279. The van der Waals surface area contributed by atoms with Crippen LogP contribution >= 0.6 is 0 Å². The largest absolute Gasteiger partial charge is 0.480 e. The van der Waals surface area contributed by atoms with Gasteiger partial charge >= 0.3 is 5.97 Å². The molecule has 0 fully saturated rings. The molecular weight excluding hydrogens is 164 g/mol. The minimum atomic E-state index is -1.50. The normalized spacial score (nSPS) is 12.3. The van der Waals surface area contributed by atoms with E-state index in [0.717, 1.165) is 0 Å². The van der Waals surface area contributed by atoms with E-state index in [2.05, 4.69) is 9.40 Å². The SMILES string of the molecule is NC(=O)C(C(=O)O)c1ncco1. The van der Waals surface area contributed by atoms with Crippen LogP contribution in [0.4, 0.5) is 0 Å². The first-order valence-corrected chi connectivity index (χ1v) is 3.04. The Morgan fingerprint density at radius 3 is 2.67 bits per heavy atom. The number of aromatic nitrogens is 1. The van der Waals surface area contributed by atoms with Crippen molar-refractivity contribution in [2.24, 2.45) is 5.73 Å². The summed E-state index contributed by atoms with van der Waals surface area (Å²) in [4.78, 5) is 24.5. The molecule has 1 amide bonds. The number of nitrogens with zero attached hydrogens (tertiary/aromatic N) is 1. The van der Waals surface area contributed by atoms with Crippen LogP contribution in [0.1, 0.15) is 11.8 Å². The van der Waals surface area contributed by atoms with Crippen molar-refractivity contribution in [3.8, 4) is 0 Å². The zero-order chi connectivity index (χ0) is 9.14. The van der Waals surface area contributed by atoms with E-state index in [0.29, 0.717) is 0 Å². The highest BCUT2D eigenvalue weighted by Gasteiger charge is 2.29. The molecule has 1 aromatic heterocycles. The van der Waals surface area contributed by atoms with Crippen LogP contribution in [0.3, 0.4) is 0 Å². The summed E-state index contributed by atoms with van der Waals surface area (Å²) in [6.07, 6.45) is 2.42. The zero-order valence-electron chi connectivity index (χ0n) is 5.93. The van der Waals surface area contributed by atoms with Gasteiger partial charge in [-0.3, -0.25) is 9.59 Å². The third kappa shape index (κ3) is 1.42. The molecular formula is C6H6N2O4. The number of hydrogen-bond donors (Lipinski definition) is 2. The fourth-order valence-corrected chi connectivity index (χ4v) is 0.726. The fraction of sp³-hybridized carbons (Fsp3) is 0.167. The van der Waals surface area contributed by atoms with Gasteiger partial charge in [0.25, 0.3) is 0 Å². The summed E-state index contributed by atoms with van der Waals surface area (Å²) in [6.45, 7) is 0. The lowest BCUT2D eigenvalue weighted by atomic mass is 10.1. The maximum atomic E-state index is 10.6. The maximum absolute atomic E-state index is 10.6. The van der Waals surface area contributed by atoms with Crippen LogP contribution in [0.15, 0.2) is 16.9 Å². The van der Waals surface area contributed by atoms with Gasteiger partial charge in [0.15, 0.2) is 0 Å². The third-order valence-corrected chi connectivity index (χ3v) is 1.23. The van der Waals surface area contributed by atoms with Crippen molar-refractivity contribution in [2.75, 3.05) is 0 Å². The average molecular weight is 170 g/mol. The van der Waals surface area contributed by atoms with Gasteiger partial charge in [-0.05, 0) is 0 Å². The summed E-state index contributed by atoms with van der Waals surface area (Å²) >= 11 is 0. The van der Waals surface area contributed by atoms with Gasteiger partial charge in [-0.2, -0.15) is 0 Å². The van der Waals surface area contributed by atoms with E-state index >= 15 is 0 Å². The molecule has 6 nitrogen and oxygen atoms in total. The van der Waals surface area contributed by atoms with Crippen molar-refractivity contribution < 1.29 is 19.1 Å². The van der Waals surface area contributed by atoms with E-state index in [1.165, 1.54) is 12.5 Å². The van der Waals surface area contributed by atoms with E-state index in [1.807, 2.05) is 0 Å². The molecule has 1 unspecified atom stereocenters. The lowest BCUT2D eigenvalue weighted by Gasteiger charge is -2.01.